The van der Waals surface area contributed by atoms with Crippen LogP contribution < -0.4 is 10.6 Å². The monoisotopic (exact) mass is 407 g/mol. The standard InChI is InChI=1S/C21H22ClN7/c1-3-24-10-9-17(23)26-21-25-12-14-7-8-16-18(19(14)27-21)20(29(2)28-16)13-5-4-6-15(22)11-13/h4-6,9-12,24H,3,7-8H2,1-2H3,(H2,23,25,26,27)/b10-9-. The zero-order valence-corrected chi connectivity index (χ0v) is 17.1. The summed E-state index contributed by atoms with van der Waals surface area (Å²) in [6, 6.07) is 7.76. The summed E-state index contributed by atoms with van der Waals surface area (Å²) >= 11 is 6.23. The van der Waals surface area contributed by atoms with Crippen LogP contribution in [0.2, 0.25) is 5.02 Å². The highest BCUT2D eigenvalue weighted by Crippen LogP contribution is 2.39. The van der Waals surface area contributed by atoms with Crippen LogP contribution in [-0.2, 0) is 19.9 Å². The minimum absolute atomic E-state index is 0.211. The molecule has 0 unspecified atom stereocenters. The predicted octanol–water partition coefficient (Wildman–Crippen LogP) is 3.81. The van der Waals surface area contributed by atoms with Crippen LogP contribution in [0.3, 0.4) is 0 Å². The molecule has 1 aromatic carbocycles. The highest BCUT2D eigenvalue weighted by atomic mass is 35.5. The van der Waals surface area contributed by atoms with E-state index in [-0.39, 0.29) is 5.84 Å². The Morgan fingerprint density at radius 3 is 3.00 bits per heavy atom. The first-order chi connectivity index (χ1) is 14.1. The summed E-state index contributed by atoms with van der Waals surface area (Å²) < 4.78 is 1.89. The minimum atomic E-state index is 0.211. The average molecular weight is 408 g/mol. The van der Waals surface area contributed by atoms with Crippen LogP contribution in [0, 0.1) is 5.41 Å². The van der Waals surface area contributed by atoms with Crippen LogP contribution in [0.1, 0.15) is 18.2 Å². The van der Waals surface area contributed by atoms with Gasteiger partial charge in [-0.2, -0.15) is 5.10 Å². The summed E-state index contributed by atoms with van der Waals surface area (Å²) in [7, 11) is 1.94. The van der Waals surface area contributed by atoms with Gasteiger partial charge in [0.1, 0.15) is 5.84 Å². The van der Waals surface area contributed by atoms with E-state index >= 15 is 0 Å². The summed E-state index contributed by atoms with van der Waals surface area (Å²) in [6.07, 6.45) is 6.88. The molecule has 3 aromatic rings. The van der Waals surface area contributed by atoms with E-state index in [1.165, 1.54) is 0 Å². The van der Waals surface area contributed by atoms with Crippen molar-refractivity contribution in [3.63, 3.8) is 0 Å². The van der Waals surface area contributed by atoms with E-state index in [1.54, 1.807) is 12.3 Å². The predicted molar refractivity (Wildman–Crippen MR) is 116 cm³/mol. The third-order valence-electron chi connectivity index (χ3n) is 4.77. The highest BCUT2D eigenvalue weighted by molar-refractivity contribution is 6.30. The van der Waals surface area contributed by atoms with Crippen LogP contribution in [0.25, 0.3) is 22.5 Å². The molecule has 148 valence electrons. The first-order valence-corrected chi connectivity index (χ1v) is 9.88. The molecule has 0 fully saturated rings. The molecular formula is C21H22ClN7. The molecule has 1 aliphatic rings. The van der Waals surface area contributed by atoms with Crippen LogP contribution >= 0.6 is 11.6 Å². The van der Waals surface area contributed by atoms with Gasteiger partial charge in [-0.15, -0.1) is 0 Å². The van der Waals surface area contributed by atoms with Crippen molar-refractivity contribution >= 4 is 23.4 Å². The summed E-state index contributed by atoms with van der Waals surface area (Å²) in [5, 5.41) is 19.4. The van der Waals surface area contributed by atoms with Crippen molar-refractivity contribution in [1.29, 1.82) is 5.41 Å². The summed E-state index contributed by atoms with van der Waals surface area (Å²) in [5.74, 6) is 0.604. The number of aryl methyl sites for hydroxylation is 3. The third-order valence-corrected chi connectivity index (χ3v) is 5.00. The summed E-state index contributed by atoms with van der Waals surface area (Å²) in [6.45, 7) is 2.80. The lowest BCUT2D eigenvalue weighted by Crippen LogP contribution is -2.14. The summed E-state index contributed by atoms with van der Waals surface area (Å²) in [5.41, 5.74) is 5.94. The quantitative estimate of drug-likeness (QED) is 0.442. The lowest BCUT2D eigenvalue weighted by molar-refractivity contribution is 0.741. The molecule has 8 heteroatoms. The number of anilines is 1. The number of amidine groups is 1. The Kier molecular flexibility index (Phi) is 5.31. The molecule has 0 saturated carbocycles. The van der Waals surface area contributed by atoms with Crippen molar-refractivity contribution in [2.24, 2.45) is 7.05 Å². The molecule has 7 nitrogen and oxygen atoms in total. The van der Waals surface area contributed by atoms with Crippen molar-refractivity contribution in [2.45, 2.75) is 19.8 Å². The fourth-order valence-electron chi connectivity index (χ4n) is 3.51. The number of rotatable bonds is 5. The second kappa shape index (κ2) is 8.05. The second-order valence-corrected chi connectivity index (χ2v) is 7.24. The number of benzene rings is 1. The highest BCUT2D eigenvalue weighted by Gasteiger charge is 2.27. The van der Waals surface area contributed by atoms with E-state index in [9.17, 15) is 0 Å². The van der Waals surface area contributed by atoms with Gasteiger partial charge < -0.3 is 10.6 Å². The van der Waals surface area contributed by atoms with Gasteiger partial charge in [-0.1, -0.05) is 23.7 Å². The van der Waals surface area contributed by atoms with Gasteiger partial charge in [0.15, 0.2) is 0 Å². The molecule has 4 rings (SSSR count). The van der Waals surface area contributed by atoms with E-state index in [2.05, 4.69) is 15.6 Å². The normalized spacial score (nSPS) is 12.5. The van der Waals surface area contributed by atoms with Crippen molar-refractivity contribution in [2.75, 3.05) is 11.9 Å². The number of nitrogens with one attached hydrogen (secondary N) is 3. The second-order valence-electron chi connectivity index (χ2n) is 6.80. The van der Waals surface area contributed by atoms with Crippen molar-refractivity contribution in [3.05, 3.63) is 59.0 Å². The zero-order chi connectivity index (χ0) is 20.4. The van der Waals surface area contributed by atoms with Gasteiger partial charge in [0.2, 0.25) is 5.95 Å². The third kappa shape index (κ3) is 3.86. The maximum Gasteiger partial charge on any atom is 0.228 e. The van der Waals surface area contributed by atoms with Crippen LogP contribution in [0.5, 0.6) is 0 Å². The maximum atomic E-state index is 8.04. The van der Waals surface area contributed by atoms with Gasteiger partial charge in [0.25, 0.3) is 0 Å². The van der Waals surface area contributed by atoms with E-state index < -0.39 is 0 Å². The van der Waals surface area contributed by atoms with E-state index in [0.717, 1.165) is 53.2 Å². The molecule has 0 saturated heterocycles. The fraction of sp³-hybridized carbons (Fsp3) is 0.238. The van der Waals surface area contributed by atoms with Crippen molar-refractivity contribution in [1.82, 2.24) is 25.1 Å². The van der Waals surface area contributed by atoms with Crippen molar-refractivity contribution in [3.8, 4) is 22.5 Å². The molecule has 1 aliphatic carbocycles. The number of aromatic nitrogens is 4. The van der Waals surface area contributed by atoms with Crippen LogP contribution in [-0.4, -0.2) is 32.1 Å². The molecule has 3 N–H and O–H groups in total. The Bertz CT molecular complexity index is 1100. The Balaban J connectivity index is 1.75. The number of halogens is 1. The Hall–Kier alpha value is -3.19. The van der Waals surface area contributed by atoms with Gasteiger partial charge in [-0.3, -0.25) is 10.1 Å². The fourth-order valence-corrected chi connectivity index (χ4v) is 3.70. The Morgan fingerprint density at radius 1 is 1.34 bits per heavy atom. The molecular weight excluding hydrogens is 386 g/mol. The molecule has 0 amide bonds. The lowest BCUT2D eigenvalue weighted by atomic mass is 9.91. The van der Waals surface area contributed by atoms with Crippen LogP contribution in [0.15, 0.2) is 42.7 Å². The molecule has 0 bridgehead atoms. The molecule has 0 spiro atoms. The SMILES string of the molecule is CCN/C=C\C(=N)Nc1ncc2c(n1)-c1c(nn(C)c1-c1cccc(Cl)c1)CC2. The Morgan fingerprint density at radius 2 is 2.21 bits per heavy atom. The largest absolute Gasteiger partial charge is 0.391 e. The van der Waals surface area contributed by atoms with Gasteiger partial charge >= 0.3 is 0 Å². The zero-order valence-electron chi connectivity index (χ0n) is 16.3. The van der Waals surface area contributed by atoms with Gasteiger partial charge in [-0.05, 0) is 43.5 Å². The van der Waals surface area contributed by atoms with E-state index in [4.69, 9.17) is 27.1 Å². The number of nitrogens with zero attached hydrogens (tertiary/aromatic N) is 4. The smallest absolute Gasteiger partial charge is 0.228 e. The Labute approximate surface area is 174 Å². The average Bonchev–Trinajstić information content (AvgIpc) is 3.04. The number of hydrogen-bond donors (Lipinski definition) is 3. The van der Waals surface area contributed by atoms with Crippen LogP contribution in [0.4, 0.5) is 5.95 Å². The number of fused-ring (bicyclic) bond motifs is 3. The van der Waals surface area contributed by atoms with Crippen molar-refractivity contribution < 1.29 is 0 Å². The topological polar surface area (TPSA) is 91.5 Å². The molecule has 0 radical (unpaired) electrons. The van der Waals surface area contributed by atoms with E-state index in [1.807, 2.05) is 49.1 Å². The molecule has 2 aromatic heterocycles. The van der Waals surface area contributed by atoms with Gasteiger partial charge in [0, 0.05) is 42.1 Å². The minimum Gasteiger partial charge on any atom is -0.391 e. The molecule has 2 heterocycles. The van der Waals surface area contributed by atoms with Gasteiger partial charge in [-0.25, -0.2) is 9.97 Å². The van der Waals surface area contributed by atoms with Gasteiger partial charge in [0.05, 0.1) is 17.1 Å². The molecule has 0 aliphatic heterocycles. The lowest BCUT2D eigenvalue weighted by Gasteiger charge is -2.17. The molecule has 0 atom stereocenters. The maximum absolute atomic E-state index is 8.04. The van der Waals surface area contributed by atoms with E-state index in [0.29, 0.717) is 11.0 Å². The number of hydrogen-bond acceptors (Lipinski definition) is 5. The summed E-state index contributed by atoms with van der Waals surface area (Å²) in [4.78, 5) is 9.13. The molecule has 29 heavy (non-hydrogen) atoms. The first-order valence-electron chi connectivity index (χ1n) is 9.50. The first kappa shape index (κ1) is 19.1.